The summed E-state index contributed by atoms with van der Waals surface area (Å²) in [5, 5.41) is 1.32. The maximum absolute atomic E-state index is 13.6. The lowest BCUT2D eigenvalue weighted by Crippen LogP contribution is -2.61. The van der Waals surface area contributed by atoms with E-state index in [4.69, 9.17) is 0 Å². The van der Waals surface area contributed by atoms with Gasteiger partial charge in [-0.15, -0.1) is 0 Å². The molecule has 2 aromatic carbocycles. The normalized spacial score (nSPS) is 15.0. The number of Topliss-reactive ketones (excluding diaryl/α,β-unsaturated/α-hetero) is 1. The zero-order valence-corrected chi connectivity index (χ0v) is 18.5. The first kappa shape index (κ1) is 24.7. The summed E-state index contributed by atoms with van der Waals surface area (Å²) in [6, 6.07) is 14.0. The quantitative estimate of drug-likeness (QED) is 0.646. The van der Waals surface area contributed by atoms with E-state index in [1.165, 1.54) is 25.3 Å². The van der Waals surface area contributed by atoms with Crippen LogP contribution in [-0.4, -0.2) is 57.2 Å². The van der Waals surface area contributed by atoms with Gasteiger partial charge in [0.15, 0.2) is 0 Å². The van der Waals surface area contributed by atoms with Crippen LogP contribution in [0.25, 0.3) is 5.70 Å². The van der Waals surface area contributed by atoms with Crippen molar-refractivity contribution in [3.63, 3.8) is 0 Å². The van der Waals surface area contributed by atoms with E-state index in [2.05, 4.69) is 0 Å². The molecule has 1 aliphatic rings. The third-order valence-corrected chi connectivity index (χ3v) is 5.21. The molecule has 0 saturated heterocycles. The highest BCUT2D eigenvalue weighted by molar-refractivity contribution is 5.98. The summed E-state index contributed by atoms with van der Waals surface area (Å²) in [6.07, 6.45) is -4.44. The second-order valence-electron chi connectivity index (χ2n) is 7.66. The lowest BCUT2D eigenvalue weighted by molar-refractivity contribution is -0.186. The van der Waals surface area contributed by atoms with Gasteiger partial charge in [0.1, 0.15) is 12.6 Å². The Morgan fingerprint density at radius 1 is 0.971 bits per heavy atom. The lowest BCUT2D eigenvalue weighted by atomic mass is 10.0. The summed E-state index contributed by atoms with van der Waals surface area (Å²) < 4.78 is 40.9. The number of carbonyl (C=O) groups excluding carboxylic acids is 4. The Hall–Kier alpha value is -3.95. The van der Waals surface area contributed by atoms with Crippen LogP contribution in [0.15, 0.2) is 66.9 Å². The Balaban J connectivity index is 2.18. The molecule has 1 unspecified atom stereocenters. The van der Waals surface area contributed by atoms with Gasteiger partial charge in [-0.2, -0.15) is 13.2 Å². The first-order valence-corrected chi connectivity index (χ1v) is 10.3. The average molecular weight is 473 g/mol. The number of carbonyl (C=O) groups is 4. The number of halogens is 3. The number of nitrogens with zero attached hydrogens (tertiary/aromatic N) is 3. The average Bonchev–Trinajstić information content (AvgIpc) is 2.79. The molecule has 0 spiro atoms. The molecule has 3 rings (SSSR count). The van der Waals surface area contributed by atoms with Crippen molar-refractivity contribution in [3.05, 3.63) is 78.0 Å². The number of alkyl halides is 3. The molecule has 10 heteroatoms. The molecular weight excluding hydrogens is 451 g/mol. The molecule has 0 N–H and O–H groups in total. The van der Waals surface area contributed by atoms with Crippen molar-refractivity contribution in [1.82, 2.24) is 14.9 Å². The molecule has 0 radical (unpaired) electrons. The van der Waals surface area contributed by atoms with E-state index in [0.717, 1.165) is 16.8 Å². The highest BCUT2D eigenvalue weighted by atomic mass is 19.4. The number of rotatable bonds is 6. The van der Waals surface area contributed by atoms with Gasteiger partial charge >= 0.3 is 6.18 Å². The highest BCUT2D eigenvalue weighted by Crippen LogP contribution is 2.31. The van der Waals surface area contributed by atoms with Crippen molar-refractivity contribution in [1.29, 1.82) is 0 Å². The van der Waals surface area contributed by atoms with Crippen LogP contribution < -0.4 is 0 Å². The Kier molecular flexibility index (Phi) is 7.19. The molecule has 1 atom stereocenters. The van der Waals surface area contributed by atoms with E-state index in [-0.39, 0.29) is 5.70 Å². The fourth-order valence-electron chi connectivity index (χ4n) is 3.66. The Labute approximate surface area is 194 Å². The van der Waals surface area contributed by atoms with Gasteiger partial charge in [-0.1, -0.05) is 60.7 Å². The zero-order valence-electron chi connectivity index (χ0n) is 18.5. The largest absolute Gasteiger partial charge is 0.452 e. The fraction of sp³-hybridized carbons (Fsp3) is 0.250. The summed E-state index contributed by atoms with van der Waals surface area (Å²) in [4.78, 5) is 51.5. The van der Waals surface area contributed by atoms with Crippen LogP contribution in [0.5, 0.6) is 0 Å². The van der Waals surface area contributed by atoms with Crippen molar-refractivity contribution in [2.24, 2.45) is 0 Å². The molecule has 0 fully saturated rings. The number of ketones is 1. The zero-order chi connectivity index (χ0) is 25.0. The first-order chi connectivity index (χ1) is 16.0. The predicted molar refractivity (Wildman–Crippen MR) is 116 cm³/mol. The van der Waals surface area contributed by atoms with Crippen LogP contribution in [0.2, 0.25) is 0 Å². The van der Waals surface area contributed by atoms with E-state index in [0.29, 0.717) is 16.1 Å². The molecule has 34 heavy (non-hydrogen) atoms. The molecule has 2 aromatic rings. The van der Waals surface area contributed by atoms with Gasteiger partial charge in [-0.3, -0.25) is 19.2 Å². The Morgan fingerprint density at radius 2 is 1.53 bits per heavy atom. The minimum absolute atomic E-state index is 0.00436. The molecule has 178 valence electrons. The minimum atomic E-state index is -5.26. The molecular formula is C24H22F3N3O4. The first-order valence-electron chi connectivity index (χ1n) is 10.3. The second kappa shape index (κ2) is 9.90. The van der Waals surface area contributed by atoms with E-state index in [1.807, 2.05) is 0 Å². The van der Waals surface area contributed by atoms with Crippen LogP contribution in [0.4, 0.5) is 13.2 Å². The molecule has 1 heterocycles. The maximum Gasteiger partial charge on any atom is 0.452 e. The molecule has 7 nitrogen and oxygen atoms in total. The van der Waals surface area contributed by atoms with Gasteiger partial charge in [0.05, 0.1) is 5.70 Å². The monoisotopic (exact) mass is 473 g/mol. The van der Waals surface area contributed by atoms with Gasteiger partial charge in [0, 0.05) is 32.0 Å². The third-order valence-electron chi connectivity index (χ3n) is 5.21. The molecule has 0 bridgehead atoms. The maximum atomic E-state index is 13.6. The predicted octanol–water partition coefficient (Wildman–Crippen LogP) is 3.18. The number of benzene rings is 2. The van der Waals surface area contributed by atoms with Crippen LogP contribution in [-0.2, 0) is 25.6 Å². The lowest BCUT2D eigenvalue weighted by Gasteiger charge is -2.43. The fourth-order valence-corrected chi connectivity index (χ4v) is 3.66. The summed E-state index contributed by atoms with van der Waals surface area (Å²) in [5.74, 6) is -4.41. The molecule has 0 aliphatic carbocycles. The van der Waals surface area contributed by atoms with E-state index >= 15 is 0 Å². The Bertz CT molecular complexity index is 1120. The topological polar surface area (TPSA) is 78.0 Å². The molecule has 1 aliphatic heterocycles. The minimum Gasteiger partial charge on any atom is -0.308 e. The second-order valence-corrected chi connectivity index (χ2v) is 7.66. The van der Waals surface area contributed by atoms with E-state index in [1.54, 1.807) is 48.5 Å². The highest BCUT2D eigenvalue weighted by Gasteiger charge is 2.49. The van der Waals surface area contributed by atoms with Crippen molar-refractivity contribution < 1.29 is 32.3 Å². The number of amides is 3. The van der Waals surface area contributed by atoms with Crippen LogP contribution in [0.3, 0.4) is 0 Å². The van der Waals surface area contributed by atoms with Gasteiger partial charge < -0.3 is 4.90 Å². The number of hydrogen-bond acceptors (Lipinski definition) is 4. The summed E-state index contributed by atoms with van der Waals surface area (Å²) in [7, 11) is 0. The number of hydrazine groups is 1. The Morgan fingerprint density at radius 3 is 2.03 bits per heavy atom. The summed E-state index contributed by atoms with van der Waals surface area (Å²) >= 11 is 0. The summed E-state index contributed by atoms with van der Waals surface area (Å²) in [5.41, 5.74) is 0.734. The van der Waals surface area contributed by atoms with Gasteiger partial charge in [0.2, 0.25) is 11.8 Å². The van der Waals surface area contributed by atoms with Gasteiger partial charge in [-0.05, 0) is 5.56 Å². The third kappa shape index (κ3) is 5.33. The summed E-state index contributed by atoms with van der Waals surface area (Å²) in [6.45, 7) is 1.71. The van der Waals surface area contributed by atoms with Crippen LogP contribution >= 0.6 is 0 Å². The van der Waals surface area contributed by atoms with E-state index < -0.39 is 48.7 Å². The van der Waals surface area contributed by atoms with Crippen molar-refractivity contribution in [3.8, 4) is 0 Å². The van der Waals surface area contributed by atoms with Crippen molar-refractivity contribution in [2.75, 3.05) is 6.54 Å². The SMILES string of the molecule is CC(=O)N1C=C(c2ccccc2)N(N(C(C)=O)C(Cc2ccccc2)C(=O)C(F)(F)F)C(=O)C1. The van der Waals surface area contributed by atoms with E-state index in [9.17, 15) is 32.3 Å². The van der Waals surface area contributed by atoms with Crippen molar-refractivity contribution >= 4 is 29.2 Å². The molecule has 0 saturated carbocycles. The van der Waals surface area contributed by atoms with Gasteiger partial charge in [-0.25, -0.2) is 10.0 Å². The standard InChI is InChI=1S/C24H22F3N3O4/c1-16(31)28-14-21(19-11-7-4-8-12-19)30(22(33)15-28)29(17(2)32)20(23(34)24(25,26)27)13-18-9-5-3-6-10-18/h3-12,14,20H,13,15H2,1-2H3. The number of hydrogen-bond donors (Lipinski definition) is 0. The van der Waals surface area contributed by atoms with Crippen LogP contribution in [0, 0.1) is 0 Å². The molecule has 3 amide bonds. The van der Waals surface area contributed by atoms with Crippen LogP contribution in [0.1, 0.15) is 25.0 Å². The smallest absolute Gasteiger partial charge is 0.308 e. The van der Waals surface area contributed by atoms with Crippen molar-refractivity contribution in [2.45, 2.75) is 32.5 Å². The molecule has 0 aromatic heterocycles. The van der Waals surface area contributed by atoms with Gasteiger partial charge in [0.25, 0.3) is 11.7 Å².